The van der Waals surface area contributed by atoms with E-state index in [0.717, 1.165) is 19.3 Å². The third-order valence-corrected chi connectivity index (χ3v) is 3.52. The Kier molecular flexibility index (Phi) is 7.04. The van der Waals surface area contributed by atoms with Crippen LogP contribution in [-0.4, -0.2) is 49.4 Å². The number of unbranched alkanes of at least 4 members (excludes halogenated alkanes) is 2. The highest BCUT2D eigenvalue weighted by molar-refractivity contribution is 5.79. The molecule has 1 heterocycles. The van der Waals surface area contributed by atoms with Gasteiger partial charge in [0, 0.05) is 33.0 Å². The molecule has 1 aliphatic heterocycles. The Morgan fingerprint density at radius 3 is 2.65 bits per heavy atom. The summed E-state index contributed by atoms with van der Waals surface area (Å²) in [5.41, 5.74) is 0. The molecular weight excluding hydrogens is 260 g/mol. The lowest BCUT2D eigenvalue weighted by molar-refractivity contribution is -0.145. The van der Waals surface area contributed by atoms with Crippen molar-refractivity contribution >= 4 is 17.8 Å². The van der Waals surface area contributed by atoms with Gasteiger partial charge in [-0.05, 0) is 19.3 Å². The van der Waals surface area contributed by atoms with E-state index in [1.807, 2.05) is 0 Å². The first-order chi connectivity index (χ1) is 9.54. The highest BCUT2D eigenvalue weighted by atomic mass is 16.5. The molecule has 0 aromatic carbocycles. The van der Waals surface area contributed by atoms with Crippen molar-refractivity contribution in [3.05, 3.63) is 0 Å². The Bertz CT molecular complexity index is 357. The first-order valence-corrected chi connectivity index (χ1v) is 7.14. The average Bonchev–Trinajstić information content (AvgIpc) is 2.91. The number of rotatable bonds is 7. The van der Waals surface area contributed by atoms with Crippen LogP contribution in [-0.2, 0) is 19.1 Å². The van der Waals surface area contributed by atoms with Crippen LogP contribution in [0.25, 0.3) is 0 Å². The van der Waals surface area contributed by atoms with Gasteiger partial charge < -0.3 is 15.0 Å². The molecule has 0 aromatic rings. The second kappa shape index (κ2) is 8.55. The summed E-state index contributed by atoms with van der Waals surface area (Å²) in [6.45, 7) is 3.29. The second-order valence-electron chi connectivity index (χ2n) is 5.14. The first-order valence-electron chi connectivity index (χ1n) is 7.14. The number of ether oxygens (including phenoxy) is 1. The highest BCUT2D eigenvalue weighted by Crippen LogP contribution is 2.18. The molecule has 1 N–H and O–H groups in total. The highest BCUT2D eigenvalue weighted by Gasteiger charge is 2.31. The molecule has 1 atom stereocenters. The number of methoxy groups -OCH3 is 1. The zero-order chi connectivity index (χ0) is 15.0. The second-order valence-corrected chi connectivity index (χ2v) is 5.14. The van der Waals surface area contributed by atoms with E-state index in [2.05, 4.69) is 5.32 Å². The molecule has 0 spiro atoms. The van der Waals surface area contributed by atoms with E-state index >= 15 is 0 Å². The number of esters is 1. The van der Waals surface area contributed by atoms with Crippen molar-refractivity contribution in [2.45, 2.75) is 39.0 Å². The monoisotopic (exact) mass is 284 g/mol. The van der Waals surface area contributed by atoms with Crippen LogP contribution in [0.15, 0.2) is 0 Å². The number of carbonyl (C=O) groups is 3. The molecule has 2 amide bonds. The van der Waals surface area contributed by atoms with Crippen LogP contribution in [0.4, 0.5) is 0 Å². The summed E-state index contributed by atoms with van der Waals surface area (Å²) in [7, 11) is 1.38. The van der Waals surface area contributed by atoms with Gasteiger partial charge in [-0.1, -0.05) is 6.42 Å². The zero-order valence-electron chi connectivity index (χ0n) is 12.3. The molecule has 20 heavy (non-hydrogen) atoms. The van der Waals surface area contributed by atoms with Crippen LogP contribution < -0.4 is 5.32 Å². The maximum atomic E-state index is 11.9. The molecule has 1 unspecified atom stereocenters. The number of likely N-dealkylation sites (tertiary alicyclic amines) is 1. The van der Waals surface area contributed by atoms with E-state index in [1.165, 1.54) is 14.0 Å². The molecule has 1 fully saturated rings. The van der Waals surface area contributed by atoms with Crippen LogP contribution in [0, 0.1) is 5.92 Å². The Morgan fingerprint density at radius 2 is 2.00 bits per heavy atom. The van der Waals surface area contributed by atoms with Crippen LogP contribution >= 0.6 is 0 Å². The fourth-order valence-electron chi connectivity index (χ4n) is 2.35. The van der Waals surface area contributed by atoms with Gasteiger partial charge in [0.1, 0.15) is 0 Å². The lowest BCUT2D eigenvalue weighted by Gasteiger charge is -2.15. The quantitative estimate of drug-likeness (QED) is 0.551. The molecule has 0 saturated carbocycles. The minimum absolute atomic E-state index is 0.0213. The largest absolute Gasteiger partial charge is 0.469 e. The van der Waals surface area contributed by atoms with Gasteiger partial charge >= 0.3 is 5.97 Å². The van der Waals surface area contributed by atoms with Crippen molar-refractivity contribution < 1.29 is 19.1 Å². The fraction of sp³-hybridized carbons (Fsp3) is 0.786. The molecule has 0 aromatic heterocycles. The normalized spacial score (nSPS) is 17.9. The molecule has 114 valence electrons. The number of hydrogen-bond donors (Lipinski definition) is 1. The topological polar surface area (TPSA) is 75.7 Å². The minimum Gasteiger partial charge on any atom is -0.469 e. The van der Waals surface area contributed by atoms with E-state index in [4.69, 9.17) is 4.74 Å². The average molecular weight is 284 g/mol. The predicted molar refractivity (Wildman–Crippen MR) is 73.9 cm³/mol. The summed E-state index contributed by atoms with van der Waals surface area (Å²) in [6, 6.07) is 0. The van der Waals surface area contributed by atoms with Gasteiger partial charge in [0.25, 0.3) is 0 Å². The molecule has 1 rings (SSSR count). The van der Waals surface area contributed by atoms with E-state index in [9.17, 15) is 14.4 Å². The summed E-state index contributed by atoms with van der Waals surface area (Å²) in [6.07, 6.45) is 3.82. The molecular formula is C14H24N2O4. The third-order valence-electron chi connectivity index (χ3n) is 3.52. The van der Waals surface area contributed by atoms with Gasteiger partial charge in [0.15, 0.2) is 0 Å². The van der Waals surface area contributed by atoms with Crippen LogP contribution in [0.1, 0.15) is 39.0 Å². The van der Waals surface area contributed by atoms with Crippen molar-refractivity contribution in [3.8, 4) is 0 Å². The number of amides is 2. The van der Waals surface area contributed by atoms with Crippen molar-refractivity contribution in [2.75, 3.05) is 26.7 Å². The molecule has 0 aliphatic carbocycles. The lowest BCUT2D eigenvalue weighted by atomic mass is 10.1. The van der Waals surface area contributed by atoms with Crippen molar-refractivity contribution in [3.63, 3.8) is 0 Å². The van der Waals surface area contributed by atoms with Gasteiger partial charge in [-0.25, -0.2) is 0 Å². The van der Waals surface area contributed by atoms with E-state index in [1.54, 1.807) is 4.90 Å². The SMILES string of the molecule is COC(=O)C1CCN(C(=O)CCCCCNC(C)=O)C1. The smallest absolute Gasteiger partial charge is 0.310 e. The zero-order valence-corrected chi connectivity index (χ0v) is 12.3. The van der Waals surface area contributed by atoms with Gasteiger partial charge in [0.2, 0.25) is 11.8 Å². The van der Waals surface area contributed by atoms with Crippen LogP contribution in [0.5, 0.6) is 0 Å². The number of hydrogen-bond acceptors (Lipinski definition) is 4. The van der Waals surface area contributed by atoms with E-state index in [-0.39, 0.29) is 23.7 Å². The van der Waals surface area contributed by atoms with Gasteiger partial charge in [0.05, 0.1) is 13.0 Å². The van der Waals surface area contributed by atoms with Gasteiger partial charge in [-0.3, -0.25) is 14.4 Å². The maximum absolute atomic E-state index is 11.9. The minimum atomic E-state index is -0.226. The van der Waals surface area contributed by atoms with E-state index < -0.39 is 0 Å². The summed E-state index contributed by atoms with van der Waals surface area (Å²) < 4.78 is 4.70. The molecule has 6 heteroatoms. The van der Waals surface area contributed by atoms with Crippen LogP contribution in [0.3, 0.4) is 0 Å². The first kappa shape index (κ1) is 16.5. The molecule has 0 bridgehead atoms. The molecule has 1 aliphatic rings. The number of nitrogens with one attached hydrogen (secondary N) is 1. The summed E-state index contributed by atoms with van der Waals surface area (Å²) in [5, 5.41) is 2.73. The Labute approximate surface area is 119 Å². The number of nitrogens with zero attached hydrogens (tertiary/aromatic N) is 1. The maximum Gasteiger partial charge on any atom is 0.310 e. The summed E-state index contributed by atoms with van der Waals surface area (Å²) >= 11 is 0. The van der Waals surface area contributed by atoms with Gasteiger partial charge in [-0.15, -0.1) is 0 Å². The summed E-state index contributed by atoms with van der Waals surface area (Å²) in [5.74, 6) is -0.303. The van der Waals surface area contributed by atoms with Gasteiger partial charge in [-0.2, -0.15) is 0 Å². The lowest BCUT2D eigenvalue weighted by Crippen LogP contribution is -2.30. The van der Waals surface area contributed by atoms with Crippen molar-refractivity contribution in [2.24, 2.45) is 5.92 Å². The molecule has 6 nitrogen and oxygen atoms in total. The van der Waals surface area contributed by atoms with Crippen LogP contribution in [0.2, 0.25) is 0 Å². The Morgan fingerprint density at radius 1 is 1.25 bits per heavy atom. The third kappa shape index (κ3) is 5.59. The van der Waals surface area contributed by atoms with Crippen molar-refractivity contribution in [1.82, 2.24) is 10.2 Å². The summed E-state index contributed by atoms with van der Waals surface area (Å²) in [4.78, 5) is 35.7. The molecule has 0 radical (unpaired) electrons. The predicted octanol–water partition coefficient (Wildman–Crippen LogP) is 0.704. The molecule has 1 saturated heterocycles. The fourth-order valence-corrected chi connectivity index (χ4v) is 2.35. The Balaban J connectivity index is 2.12. The standard InChI is InChI=1S/C14H24N2O4/c1-11(17)15-8-5-3-4-6-13(18)16-9-7-12(10-16)14(19)20-2/h12H,3-10H2,1-2H3,(H,15,17). The van der Waals surface area contributed by atoms with Crippen molar-refractivity contribution in [1.29, 1.82) is 0 Å². The Hall–Kier alpha value is -1.59. The van der Waals surface area contributed by atoms with E-state index in [0.29, 0.717) is 32.5 Å². The number of carbonyl (C=O) groups excluding carboxylic acids is 3.